The minimum atomic E-state index is -3.98. The van der Waals surface area contributed by atoms with E-state index >= 15 is 0 Å². The Morgan fingerprint density at radius 1 is 1.26 bits per heavy atom. The van der Waals surface area contributed by atoms with Crippen molar-refractivity contribution >= 4 is 33.2 Å². The summed E-state index contributed by atoms with van der Waals surface area (Å²) in [6.45, 7) is 3.56. The van der Waals surface area contributed by atoms with Crippen LogP contribution < -0.4 is 15.4 Å². The molecule has 8 nitrogen and oxygen atoms in total. The van der Waals surface area contributed by atoms with Gasteiger partial charge in [0.25, 0.3) is 5.91 Å². The number of hydrogen-bond acceptors (Lipinski definition) is 5. The Labute approximate surface area is 196 Å². The van der Waals surface area contributed by atoms with Crippen molar-refractivity contribution in [2.24, 2.45) is 5.92 Å². The second-order valence-corrected chi connectivity index (χ2v) is 10.3. The number of fused-ring (bicyclic) bond motifs is 1. The number of carbonyl (C=O) groups excluding carboxylic acids is 2. The number of halogens is 2. The highest BCUT2D eigenvalue weighted by Gasteiger charge is 2.36. The van der Waals surface area contributed by atoms with Crippen LogP contribution >= 0.6 is 0 Å². The molecule has 0 aromatic heterocycles. The minimum Gasteiger partial charge on any atom is -0.478 e. The van der Waals surface area contributed by atoms with Crippen LogP contribution in [0.4, 0.5) is 20.2 Å². The number of nitrogens with zero attached hydrogens (tertiary/aromatic N) is 1. The number of rotatable bonds is 5. The number of sulfonamides is 1. The van der Waals surface area contributed by atoms with E-state index in [1.54, 1.807) is 19.9 Å². The van der Waals surface area contributed by atoms with E-state index in [2.05, 4.69) is 10.6 Å². The van der Waals surface area contributed by atoms with Crippen LogP contribution in [0.3, 0.4) is 0 Å². The third-order valence-corrected chi connectivity index (χ3v) is 8.04. The first-order valence-corrected chi connectivity index (χ1v) is 12.4. The SMILES string of the molecule is CC[C@H]1Oc2cc(S(=O)(=O)N3CCC[C@@H](C(=O)Nc4ccc(F)cc4F)C3)c(C)cc2NC1=O. The average molecular weight is 494 g/mol. The summed E-state index contributed by atoms with van der Waals surface area (Å²) in [5.41, 5.74) is 0.669. The fraction of sp³-hybridized carbons (Fsp3) is 0.391. The van der Waals surface area contributed by atoms with Gasteiger partial charge in [-0.15, -0.1) is 0 Å². The van der Waals surface area contributed by atoms with Crippen molar-refractivity contribution in [3.63, 3.8) is 0 Å². The van der Waals surface area contributed by atoms with Crippen molar-refractivity contribution in [2.45, 2.75) is 44.1 Å². The predicted octanol–water partition coefficient (Wildman–Crippen LogP) is 3.42. The van der Waals surface area contributed by atoms with Crippen LogP contribution in [-0.2, 0) is 19.6 Å². The number of amides is 2. The molecular weight excluding hydrogens is 468 g/mol. The van der Waals surface area contributed by atoms with Crippen molar-refractivity contribution < 1.29 is 31.5 Å². The van der Waals surface area contributed by atoms with E-state index in [4.69, 9.17) is 4.74 Å². The lowest BCUT2D eigenvalue weighted by molar-refractivity contribution is -0.123. The summed E-state index contributed by atoms with van der Waals surface area (Å²) in [5, 5.41) is 5.16. The maximum atomic E-state index is 13.9. The lowest BCUT2D eigenvalue weighted by Crippen LogP contribution is -2.44. The fourth-order valence-electron chi connectivity index (χ4n) is 4.17. The number of ether oxygens (including phenoxy) is 1. The molecule has 1 saturated heterocycles. The molecule has 1 fully saturated rings. The summed E-state index contributed by atoms with van der Waals surface area (Å²) in [6, 6.07) is 5.78. The van der Waals surface area contributed by atoms with Crippen molar-refractivity contribution in [3.05, 3.63) is 47.5 Å². The molecular formula is C23H25F2N3O5S. The maximum Gasteiger partial charge on any atom is 0.265 e. The summed E-state index contributed by atoms with van der Waals surface area (Å²) < 4.78 is 60.9. The quantitative estimate of drug-likeness (QED) is 0.664. The molecule has 2 aromatic rings. The molecule has 0 aliphatic carbocycles. The first-order chi connectivity index (χ1) is 16.1. The van der Waals surface area contributed by atoms with Crippen LogP contribution in [0.2, 0.25) is 0 Å². The molecule has 0 bridgehead atoms. The largest absolute Gasteiger partial charge is 0.478 e. The molecule has 2 amide bonds. The third-order valence-electron chi connectivity index (χ3n) is 6.03. The third kappa shape index (κ3) is 4.62. The van der Waals surface area contributed by atoms with Crippen molar-refractivity contribution in [3.8, 4) is 5.75 Å². The zero-order chi connectivity index (χ0) is 24.6. The summed E-state index contributed by atoms with van der Waals surface area (Å²) >= 11 is 0. The van der Waals surface area contributed by atoms with Crippen molar-refractivity contribution in [1.82, 2.24) is 4.31 Å². The number of hydrogen-bond donors (Lipinski definition) is 2. The van der Waals surface area contributed by atoms with E-state index in [-0.39, 0.29) is 35.3 Å². The van der Waals surface area contributed by atoms with Crippen LogP contribution in [0, 0.1) is 24.5 Å². The van der Waals surface area contributed by atoms with Gasteiger partial charge in [0, 0.05) is 25.2 Å². The standard InChI is InChI=1S/C23H25F2N3O5S/c1-3-19-23(30)27-18-9-13(2)21(11-20(18)33-19)34(31,32)28-8-4-5-14(12-28)22(29)26-17-7-6-15(24)10-16(17)25/h6-7,9-11,14,19H,3-5,8,12H2,1-2H3,(H,26,29)(H,27,30)/t14-,19-/m1/s1. The van der Waals surface area contributed by atoms with E-state index < -0.39 is 39.6 Å². The number of aryl methyl sites for hydroxylation is 1. The number of benzene rings is 2. The molecule has 2 N–H and O–H groups in total. The highest BCUT2D eigenvalue weighted by molar-refractivity contribution is 7.89. The Morgan fingerprint density at radius 3 is 2.74 bits per heavy atom. The topological polar surface area (TPSA) is 105 Å². The molecule has 4 rings (SSSR count). The molecule has 2 aliphatic rings. The monoisotopic (exact) mass is 493 g/mol. The van der Waals surface area contributed by atoms with Crippen LogP contribution in [0.25, 0.3) is 0 Å². The first-order valence-electron chi connectivity index (χ1n) is 11.0. The molecule has 182 valence electrons. The van der Waals surface area contributed by atoms with Crippen molar-refractivity contribution in [1.29, 1.82) is 0 Å². The Bertz CT molecular complexity index is 1250. The van der Waals surface area contributed by atoms with Gasteiger partial charge >= 0.3 is 0 Å². The van der Waals surface area contributed by atoms with Gasteiger partial charge in [0.1, 0.15) is 17.4 Å². The molecule has 2 atom stereocenters. The summed E-state index contributed by atoms with van der Waals surface area (Å²) in [4.78, 5) is 24.8. The predicted molar refractivity (Wildman–Crippen MR) is 121 cm³/mol. The normalized spacial score (nSPS) is 20.8. The number of piperidine rings is 1. The molecule has 2 aliphatic heterocycles. The number of nitrogens with one attached hydrogen (secondary N) is 2. The molecule has 2 heterocycles. The van der Waals surface area contributed by atoms with E-state index in [0.717, 1.165) is 12.1 Å². The zero-order valence-electron chi connectivity index (χ0n) is 18.7. The summed E-state index contributed by atoms with van der Waals surface area (Å²) in [6.07, 6.45) is 0.592. The van der Waals surface area contributed by atoms with Crippen LogP contribution in [-0.4, -0.2) is 43.7 Å². The Morgan fingerprint density at radius 2 is 2.03 bits per heavy atom. The van der Waals surface area contributed by atoms with Gasteiger partial charge in [-0.1, -0.05) is 6.92 Å². The van der Waals surface area contributed by atoms with Crippen LogP contribution in [0.15, 0.2) is 35.2 Å². The molecule has 0 radical (unpaired) electrons. The highest BCUT2D eigenvalue weighted by Crippen LogP contribution is 2.36. The lowest BCUT2D eigenvalue weighted by Gasteiger charge is -2.32. The average Bonchev–Trinajstić information content (AvgIpc) is 2.80. The molecule has 11 heteroatoms. The number of anilines is 2. The summed E-state index contributed by atoms with van der Waals surface area (Å²) in [5.74, 6) is -2.92. The van der Waals surface area contributed by atoms with Gasteiger partial charge in [-0.25, -0.2) is 17.2 Å². The van der Waals surface area contributed by atoms with E-state index in [9.17, 15) is 26.8 Å². The zero-order valence-corrected chi connectivity index (χ0v) is 19.5. The van der Waals surface area contributed by atoms with Gasteiger partial charge in [-0.2, -0.15) is 4.31 Å². The molecule has 0 saturated carbocycles. The van der Waals surface area contributed by atoms with Gasteiger partial charge in [0.15, 0.2) is 6.10 Å². The Kier molecular flexibility index (Phi) is 6.59. The van der Waals surface area contributed by atoms with Crippen molar-refractivity contribution in [2.75, 3.05) is 23.7 Å². The van der Waals surface area contributed by atoms with Gasteiger partial charge in [0.2, 0.25) is 15.9 Å². The van der Waals surface area contributed by atoms with E-state index in [0.29, 0.717) is 36.6 Å². The van der Waals surface area contributed by atoms with Crippen LogP contribution in [0.5, 0.6) is 5.75 Å². The van der Waals surface area contributed by atoms with E-state index in [1.165, 1.54) is 10.4 Å². The lowest BCUT2D eigenvalue weighted by atomic mass is 9.98. The fourth-order valence-corrected chi connectivity index (χ4v) is 5.92. The Balaban J connectivity index is 1.55. The molecule has 2 aromatic carbocycles. The second-order valence-electron chi connectivity index (χ2n) is 8.43. The van der Waals surface area contributed by atoms with E-state index in [1.807, 2.05) is 0 Å². The second kappa shape index (κ2) is 9.30. The number of carbonyl (C=O) groups is 2. The summed E-state index contributed by atoms with van der Waals surface area (Å²) in [7, 11) is -3.98. The maximum absolute atomic E-state index is 13.9. The van der Waals surface area contributed by atoms with Gasteiger partial charge in [0.05, 0.1) is 22.2 Å². The minimum absolute atomic E-state index is 0.0305. The Hall–Kier alpha value is -3.05. The first kappa shape index (κ1) is 24.1. The van der Waals surface area contributed by atoms with Gasteiger partial charge in [-0.05, 0) is 49.9 Å². The molecule has 0 unspecified atom stereocenters. The van der Waals surface area contributed by atoms with Crippen LogP contribution in [0.1, 0.15) is 31.7 Å². The van der Waals surface area contributed by atoms with Gasteiger partial charge < -0.3 is 15.4 Å². The highest BCUT2D eigenvalue weighted by atomic mass is 32.2. The smallest absolute Gasteiger partial charge is 0.265 e. The van der Waals surface area contributed by atoms with Gasteiger partial charge in [-0.3, -0.25) is 9.59 Å². The molecule has 34 heavy (non-hydrogen) atoms. The molecule has 0 spiro atoms.